The molecule has 0 aromatic heterocycles. The second-order valence-corrected chi connectivity index (χ2v) is 17.2. The number of rotatable bonds is 47. The first-order valence-corrected chi connectivity index (χ1v) is 27.3. The van der Waals surface area contributed by atoms with E-state index in [0.717, 1.165) is 154 Å². The fraction of sp³-hybridized carbons (Fsp3) is 0.508. The van der Waals surface area contributed by atoms with Crippen LogP contribution in [0.5, 0.6) is 0 Å². The summed E-state index contributed by atoms with van der Waals surface area (Å²) in [6.07, 6.45) is 92.7. The molecule has 0 aliphatic rings. The van der Waals surface area contributed by atoms with Crippen LogP contribution in [0.15, 0.2) is 182 Å². The van der Waals surface area contributed by atoms with Crippen LogP contribution in [0.25, 0.3) is 0 Å². The molecule has 0 heterocycles. The van der Waals surface area contributed by atoms with Crippen molar-refractivity contribution in [2.75, 3.05) is 13.2 Å². The molecule has 0 aromatic rings. The lowest BCUT2D eigenvalue weighted by Crippen LogP contribution is -2.28. The number of hydrogen-bond donors (Lipinski definition) is 1. The largest absolute Gasteiger partial charge is 0.462 e. The molecule has 388 valence electrons. The van der Waals surface area contributed by atoms with Gasteiger partial charge in [0.1, 0.15) is 6.61 Å². The van der Waals surface area contributed by atoms with E-state index in [2.05, 4.69) is 196 Å². The van der Waals surface area contributed by atoms with Gasteiger partial charge in [-0.05, 0) is 135 Å². The molecule has 0 rings (SSSR count). The highest BCUT2D eigenvalue weighted by atomic mass is 16.6. The summed E-state index contributed by atoms with van der Waals surface area (Å²) in [5.74, 6) is -0.662. The van der Waals surface area contributed by atoms with Crippen LogP contribution < -0.4 is 0 Å². The minimum atomic E-state index is -0.809. The van der Waals surface area contributed by atoms with Gasteiger partial charge in [0.15, 0.2) is 6.10 Å². The molecule has 0 aliphatic heterocycles. The van der Waals surface area contributed by atoms with Crippen molar-refractivity contribution in [2.45, 2.75) is 200 Å². The first-order chi connectivity index (χ1) is 34.6. The van der Waals surface area contributed by atoms with Crippen molar-refractivity contribution >= 4 is 11.9 Å². The van der Waals surface area contributed by atoms with Crippen LogP contribution in [0.4, 0.5) is 0 Å². The molecular weight excluding hydrogens is 861 g/mol. The summed E-state index contributed by atoms with van der Waals surface area (Å²) < 4.78 is 10.6. The van der Waals surface area contributed by atoms with Gasteiger partial charge in [0.05, 0.1) is 6.61 Å². The predicted molar refractivity (Wildman–Crippen MR) is 306 cm³/mol. The summed E-state index contributed by atoms with van der Waals surface area (Å²) in [5, 5.41) is 9.63. The Labute approximate surface area is 429 Å². The zero-order valence-corrected chi connectivity index (χ0v) is 44.2. The summed E-state index contributed by atoms with van der Waals surface area (Å²) in [4.78, 5) is 24.5. The number of esters is 2. The van der Waals surface area contributed by atoms with Gasteiger partial charge in [-0.3, -0.25) is 9.59 Å². The van der Waals surface area contributed by atoms with Gasteiger partial charge in [0.25, 0.3) is 0 Å². The van der Waals surface area contributed by atoms with E-state index in [-0.39, 0.29) is 25.2 Å². The zero-order chi connectivity index (χ0) is 50.6. The first-order valence-electron chi connectivity index (χ1n) is 27.3. The van der Waals surface area contributed by atoms with Crippen LogP contribution in [-0.4, -0.2) is 36.4 Å². The third kappa shape index (κ3) is 55.6. The molecule has 5 nitrogen and oxygen atoms in total. The second-order valence-electron chi connectivity index (χ2n) is 17.2. The van der Waals surface area contributed by atoms with Gasteiger partial charge in [0, 0.05) is 12.8 Å². The smallest absolute Gasteiger partial charge is 0.306 e. The minimum Gasteiger partial charge on any atom is -0.462 e. The molecule has 0 bridgehead atoms. The van der Waals surface area contributed by atoms with E-state index in [1.807, 2.05) is 0 Å². The van der Waals surface area contributed by atoms with Crippen molar-refractivity contribution < 1.29 is 24.2 Å². The predicted octanol–water partition coefficient (Wildman–Crippen LogP) is 18.7. The monoisotopic (exact) mass is 959 g/mol. The van der Waals surface area contributed by atoms with Gasteiger partial charge in [-0.25, -0.2) is 0 Å². The van der Waals surface area contributed by atoms with E-state index in [1.165, 1.54) is 12.8 Å². The highest BCUT2D eigenvalue weighted by Gasteiger charge is 2.16. The number of carbonyl (C=O) groups is 2. The maximum absolute atomic E-state index is 12.3. The molecule has 1 atom stereocenters. The molecular formula is C65H98O5. The van der Waals surface area contributed by atoms with Crippen LogP contribution in [-0.2, 0) is 19.1 Å². The van der Waals surface area contributed by atoms with Gasteiger partial charge >= 0.3 is 11.9 Å². The molecule has 0 fully saturated rings. The van der Waals surface area contributed by atoms with Crippen molar-refractivity contribution in [3.8, 4) is 0 Å². The number of carbonyl (C=O) groups excluding carboxylic acids is 2. The molecule has 1 unspecified atom stereocenters. The van der Waals surface area contributed by atoms with Gasteiger partial charge < -0.3 is 14.6 Å². The van der Waals surface area contributed by atoms with Crippen LogP contribution >= 0.6 is 0 Å². The van der Waals surface area contributed by atoms with E-state index < -0.39 is 6.10 Å². The van der Waals surface area contributed by atoms with E-state index >= 15 is 0 Å². The third-order valence-corrected chi connectivity index (χ3v) is 10.7. The van der Waals surface area contributed by atoms with E-state index in [0.29, 0.717) is 12.8 Å². The lowest BCUT2D eigenvalue weighted by Gasteiger charge is -2.15. The lowest BCUT2D eigenvalue weighted by atomic mass is 10.1. The van der Waals surface area contributed by atoms with Crippen LogP contribution in [0.2, 0.25) is 0 Å². The van der Waals surface area contributed by atoms with E-state index in [1.54, 1.807) is 0 Å². The zero-order valence-electron chi connectivity index (χ0n) is 44.2. The minimum absolute atomic E-state index is 0.102. The second kappa shape index (κ2) is 58.3. The average molecular weight is 959 g/mol. The van der Waals surface area contributed by atoms with Gasteiger partial charge in [-0.15, -0.1) is 0 Å². The molecule has 1 N–H and O–H groups in total. The first kappa shape index (κ1) is 65.0. The number of ether oxygens (including phenoxy) is 2. The average Bonchev–Trinajstić information content (AvgIpc) is 3.36. The summed E-state index contributed by atoms with van der Waals surface area (Å²) in [6, 6.07) is 0. The third-order valence-electron chi connectivity index (χ3n) is 10.7. The molecule has 0 saturated heterocycles. The quantitative estimate of drug-likeness (QED) is 0.0374. The Bertz CT molecular complexity index is 1650. The van der Waals surface area contributed by atoms with E-state index in [4.69, 9.17) is 9.47 Å². The van der Waals surface area contributed by atoms with E-state index in [9.17, 15) is 14.7 Å². The maximum atomic E-state index is 12.3. The Balaban J connectivity index is 3.70. The molecule has 5 heteroatoms. The van der Waals surface area contributed by atoms with Crippen molar-refractivity contribution in [3.05, 3.63) is 182 Å². The Morgan fingerprint density at radius 3 is 0.871 bits per heavy atom. The van der Waals surface area contributed by atoms with Crippen LogP contribution in [0.3, 0.4) is 0 Å². The summed E-state index contributed by atoms with van der Waals surface area (Å²) in [7, 11) is 0. The molecule has 70 heavy (non-hydrogen) atoms. The molecule has 0 radical (unpaired) electrons. The normalized spacial score (nSPS) is 13.7. The highest BCUT2D eigenvalue weighted by Crippen LogP contribution is 2.11. The summed E-state index contributed by atoms with van der Waals surface area (Å²) in [5.41, 5.74) is 0. The van der Waals surface area contributed by atoms with Crippen molar-refractivity contribution in [1.82, 2.24) is 0 Å². The number of aliphatic hydroxyl groups is 1. The Morgan fingerprint density at radius 2 is 0.571 bits per heavy atom. The SMILES string of the molecule is CC/C=C\C/C=C\C/C=C\C/C=C\C/C=C\C/C=C\C/C=C\C/C=C\C/C=C\C/C=C\CCCCCCCCC(=O)OC(CO)COC(=O)CCCCC/C=C\C/C=C\C/C=C\C/C=C\C/C=C\CC. The van der Waals surface area contributed by atoms with Crippen LogP contribution in [0.1, 0.15) is 194 Å². The Hall–Kier alpha value is -5.00. The number of aliphatic hydroxyl groups excluding tert-OH is 1. The van der Waals surface area contributed by atoms with Crippen LogP contribution in [0, 0.1) is 0 Å². The fourth-order valence-electron chi connectivity index (χ4n) is 6.67. The van der Waals surface area contributed by atoms with Gasteiger partial charge in [0.2, 0.25) is 0 Å². The molecule has 0 aliphatic carbocycles. The van der Waals surface area contributed by atoms with Gasteiger partial charge in [-0.2, -0.15) is 0 Å². The van der Waals surface area contributed by atoms with Crippen molar-refractivity contribution in [1.29, 1.82) is 0 Å². The Morgan fingerprint density at radius 1 is 0.329 bits per heavy atom. The highest BCUT2D eigenvalue weighted by molar-refractivity contribution is 5.70. The molecule has 0 aromatic carbocycles. The number of allylic oxidation sites excluding steroid dienone is 30. The topological polar surface area (TPSA) is 72.8 Å². The van der Waals surface area contributed by atoms with Gasteiger partial charge in [-0.1, -0.05) is 228 Å². The maximum Gasteiger partial charge on any atom is 0.306 e. The molecule has 0 amide bonds. The standard InChI is InChI=1S/C65H98O5/c1-3-5-7-9-11-13-15-17-19-21-23-24-25-26-27-28-29-30-31-32-33-34-35-36-37-38-39-40-42-44-46-48-50-52-54-56-58-60-65(68)70-63(61-66)62-69-64(67)59-57-55-53-51-49-47-45-43-41-22-20-18-16-14-12-10-8-6-4-2/h5-8,11-14,17-20,23-24,26-27,29-30,32-33,35-36,38-39,41-44,47,49,63,66H,3-4,9-10,15-16,21-22,25,28,31,34,37,40,45-46,48,50-62H2,1-2H3/b7-5-,8-6-,13-11-,14-12-,19-17-,20-18-,24-23-,27-26-,30-29-,33-32-,36-35-,39-38-,43-41-,44-42-,49-47-. The summed E-state index contributed by atoms with van der Waals surface area (Å²) in [6.45, 7) is 3.85. The van der Waals surface area contributed by atoms with Crippen molar-refractivity contribution in [2.24, 2.45) is 0 Å². The molecule has 0 saturated carbocycles. The fourth-order valence-corrected chi connectivity index (χ4v) is 6.67. The molecule has 0 spiro atoms. The van der Waals surface area contributed by atoms with Crippen molar-refractivity contribution in [3.63, 3.8) is 0 Å². The summed E-state index contributed by atoms with van der Waals surface area (Å²) >= 11 is 0. The Kier molecular flexibility index (Phi) is 54.1. The number of unbranched alkanes of at least 4 members (excludes halogenated alkanes) is 9. The number of hydrogen-bond acceptors (Lipinski definition) is 5. The lowest BCUT2D eigenvalue weighted by molar-refractivity contribution is -0.161.